The topological polar surface area (TPSA) is 112 Å². The van der Waals surface area contributed by atoms with Crippen LogP contribution in [0.1, 0.15) is 98.8 Å². The number of carboxylic acid groups (broad SMARTS) is 2. The summed E-state index contributed by atoms with van der Waals surface area (Å²) in [6.07, 6.45) is 9.45. The molecule has 0 radical (unpaired) electrons. The lowest BCUT2D eigenvalue weighted by molar-refractivity contribution is -0.205. The Labute approximate surface area is 214 Å². The molecule has 3 N–H and O–H groups in total. The summed E-state index contributed by atoms with van der Waals surface area (Å²) in [6.45, 7) is 10.8. The first-order chi connectivity index (χ1) is 16.6. The van der Waals surface area contributed by atoms with Crippen LogP contribution in [0.15, 0.2) is 11.6 Å². The van der Waals surface area contributed by atoms with E-state index in [1.807, 2.05) is 6.92 Å². The molecule has 4 saturated carbocycles. The molecule has 5 aliphatic carbocycles. The fraction of sp³-hybridized carbons (Fsp3) is 0.833. The van der Waals surface area contributed by atoms with Gasteiger partial charge < -0.3 is 20.1 Å². The number of carbonyl (C=O) groups is 3. The van der Waals surface area contributed by atoms with E-state index in [2.05, 4.69) is 26.8 Å². The second-order valence-electron chi connectivity index (χ2n) is 14.4. The molecule has 0 amide bonds. The highest BCUT2D eigenvalue weighted by molar-refractivity contribution is 5.79. The summed E-state index contributed by atoms with van der Waals surface area (Å²) in [5.41, 5.74) is -1.70. The van der Waals surface area contributed by atoms with Crippen molar-refractivity contribution in [2.45, 2.75) is 105 Å². The van der Waals surface area contributed by atoms with Crippen molar-refractivity contribution in [1.29, 1.82) is 0 Å². The highest BCUT2D eigenvalue weighted by Gasteiger charge is 2.70. The summed E-state index contributed by atoms with van der Waals surface area (Å²) >= 11 is 0. The van der Waals surface area contributed by atoms with Crippen molar-refractivity contribution in [3.63, 3.8) is 0 Å². The minimum Gasteiger partial charge on any atom is -0.481 e. The van der Waals surface area contributed by atoms with E-state index in [4.69, 9.17) is 0 Å². The van der Waals surface area contributed by atoms with Gasteiger partial charge in [-0.25, -0.2) is 0 Å². The first kappa shape index (κ1) is 25.9. The Morgan fingerprint density at radius 2 is 1.56 bits per heavy atom. The molecule has 0 saturated heterocycles. The van der Waals surface area contributed by atoms with E-state index in [9.17, 15) is 29.7 Å². The zero-order chi connectivity index (χ0) is 26.5. The summed E-state index contributed by atoms with van der Waals surface area (Å²) in [5, 5.41) is 31.4. The quantitative estimate of drug-likeness (QED) is 0.350. The van der Waals surface area contributed by atoms with Crippen LogP contribution in [-0.4, -0.2) is 39.6 Å². The van der Waals surface area contributed by atoms with Crippen molar-refractivity contribution in [1.82, 2.24) is 0 Å². The Morgan fingerprint density at radius 1 is 0.889 bits per heavy atom. The van der Waals surface area contributed by atoms with Crippen molar-refractivity contribution < 1.29 is 29.7 Å². The number of aliphatic carboxylic acids is 2. The van der Waals surface area contributed by atoms with E-state index >= 15 is 0 Å². The van der Waals surface area contributed by atoms with Gasteiger partial charge in [-0.05, 0) is 105 Å². The van der Waals surface area contributed by atoms with Crippen LogP contribution in [-0.2, 0) is 14.4 Å². The Balaban J connectivity index is 1.61. The summed E-state index contributed by atoms with van der Waals surface area (Å²) in [7, 11) is 0. The zero-order valence-electron chi connectivity index (χ0n) is 22.6. The molecule has 0 aliphatic heterocycles. The Kier molecular flexibility index (Phi) is 5.53. The second-order valence-corrected chi connectivity index (χ2v) is 14.4. The van der Waals surface area contributed by atoms with E-state index in [0.29, 0.717) is 38.0 Å². The molecule has 0 heterocycles. The monoisotopic (exact) mass is 500 g/mol. The zero-order valence-corrected chi connectivity index (χ0v) is 22.6. The van der Waals surface area contributed by atoms with Crippen LogP contribution in [0, 0.1) is 50.2 Å². The number of aliphatic hydroxyl groups excluding tert-OH is 1. The van der Waals surface area contributed by atoms with Crippen molar-refractivity contribution in [3.05, 3.63) is 11.6 Å². The Hall–Kier alpha value is -1.69. The van der Waals surface area contributed by atoms with Crippen LogP contribution in [0.2, 0.25) is 0 Å². The van der Waals surface area contributed by atoms with E-state index < -0.39 is 34.3 Å². The van der Waals surface area contributed by atoms with Crippen LogP contribution >= 0.6 is 0 Å². The van der Waals surface area contributed by atoms with E-state index in [1.54, 1.807) is 6.92 Å². The summed E-state index contributed by atoms with van der Waals surface area (Å²) < 4.78 is 0. The molecule has 200 valence electrons. The molecule has 0 aromatic carbocycles. The summed E-state index contributed by atoms with van der Waals surface area (Å²) in [4.78, 5) is 37.3. The SMILES string of the molecule is CC1(C(=O)O)CC[C@]2(C(=O)O)CC[C@]3(C)C(=CC[C@@H]4[C@@]5(C)CC[C@H](O)C(C)(C=O)C5CC[C@]43C)[C@H]2C1. The average Bonchev–Trinajstić information content (AvgIpc) is 2.82. The van der Waals surface area contributed by atoms with Gasteiger partial charge in [0.05, 0.1) is 22.3 Å². The van der Waals surface area contributed by atoms with Gasteiger partial charge >= 0.3 is 11.9 Å². The van der Waals surface area contributed by atoms with Gasteiger partial charge in [-0.1, -0.05) is 39.3 Å². The van der Waals surface area contributed by atoms with E-state index in [1.165, 1.54) is 5.57 Å². The van der Waals surface area contributed by atoms with E-state index in [-0.39, 0.29) is 28.1 Å². The molecule has 0 aromatic rings. The Morgan fingerprint density at radius 3 is 2.17 bits per heavy atom. The standard InChI is InChI=1S/C30H44O6/c1-25(23(33)34)12-14-30(24(35)36)15-13-28(4)18(19(30)16-25)6-7-21-26(2)10-9-22(32)27(3,17-31)20(26)8-11-29(21,28)5/h6,17,19-22,32H,7-16H2,1-5H3,(H,33,34)(H,35,36)/t19-,20?,21-,22+,25?,26+,27?,28-,29-,30+/m1/s1. The predicted octanol–water partition coefficient (Wildman–Crippen LogP) is 5.48. The van der Waals surface area contributed by atoms with Crippen LogP contribution in [0.3, 0.4) is 0 Å². The summed E-state index contributed by atoms with van der Waals surface area (Å²) in [5.74, 6) is -1.41. The number of hydrogen-bond donors (Lipinski definition) is 3. The number of carbonyl (C=O) groups excluding carboxylic acids is 1. The van der Waals surface area contributed by atoms with Gasteiger partial charge in [-0.3, -0.25) is 9.59 Å². The van der Waals surface area contributed by atoms with Crippen LogP contribution in [0.4, 0.5) is 0 Å². The van der Waals surface area contributed by atoms with Gasteiger partial charge in [0, 0.05) is 0 Å². The third kappa shape index (κ3) is 2.91. The lowest BCUT2D eigenvalue weighted by Gasteiger charge is -2.70. The number of carboxylic acids is 2. The number of hydrogen-bond acceptors (Lipinski definition) is 4. The number of rotatable bonds is 3. The Bertz CT molecular complexity index is 1030. The molecule has 10 atom stereocenters. The minimum atomic E-state index is -0.907. The van der Waals surface area contributed by atoms with Gasteiger partial charge in [0.1, 0.15) is 6.29 Å². The van der Waals surface area contributed by atoms with Gasteiger partial charge in [0.2, 0.25) is 0 Å². The highest BCUT2D eigenvalue weighted by Crippen LogP contribution is 2.75. The second kappa shape index (κ2) is 7.68. The molecular weight excluding hydrogens is 456 g/mol. The van der Waals surface area contributed by atoms with Gasteiger partial charge in [-0.2, -0.15) is 0 Å². The third-order valence-electron chi connectivity index (χ3n) is 13.3. The average molecular weight is 501 g/mol. The number of fused-ring (bicyclic) bond motifs is 7. The highest BCUT2D eigenvalue weighted by atomic mass is 16.4. The lowest BCUT2D eigenvalue weighted by Crippen LogP contribution is -2.65. The lowest BCUT2D eigenvalue weighted by atomic mass is 9.33. The summed E-state index contributed by atoms with van der Waals surface area (Å²) in [6, 6.07) is 0. The molecule has 5 aliphatic rings. The smallest absolute Gasteiger partial charge is 0.310 e. The molecule has 3 unspecified atom stereocenters. The van der Waals surface area contributed by atoms with Crippen molar-refractivity contribution in [2.24, 2.45) is 50.2 Å². The van der Waals surface area contributed by atoms with Crippen molar-refractivity contribution in [3.8, 4) is 0 Å². The van der Waals surface area contributed by atoms with Gasteiger partial charge in [0.25, 0.3) is 0 Å². The molecule has 4 fully saturated rings. The van der Waals surface area contributed by atoms with Gasteiger partial charge in [0.15, 0.2) is 0 Å². The predicted molar refractivity (Wildman–Crippen MR) is 135 cm³/mol. The normalized spacial score (nSPS) is 54.1. The van der Waals surface area contributed by atoms with E-state index in [0.717, 1.165) is 38.4 Å². The molecule has 6 nitrogen and oxygen atoms in total. The maximum Gasteiger partial charge on any atom is 0.310 e. The first-order valence-electron chi connectivity index (χ1n) is 14.0. The maximum absolute atomic E-state index is 12.8. The van der Waals surface area contributed by atoms with Crippen LogP contribution in [0.5, 0.6) is 0 Å². The van der Waals surface area contributed by atoms with Crippen molar-refractivity contribution in [2.75, 3.05) is 0 Å². The molecule has 36 heavy (non-hydrogen) atoms. The number of allylic oxidation sites excluding steroid dienone is 2. The van der Waals surface area contributed by atoms with Crippen molar-refractivity contribution >= 4 is 18.2 Å². The largest absolute Gasteiger partial charge is 0.481 e. The minimum absolute atomic E-state index is 0.0733. The molecular formula is C30H44O6. The third-order valence-corrected chi connectivity index (χ3v) is 13.3. The van der Waals surface area contributed by atoms with Gasteiger partial charge in [-0.15, -0.1) is 0 Å². The molecule has 5 rings (SSSR count). The number of aldehydes is 1. The van der Waals surface area contributed by atoms with Crippen LogP contribution < -0.4 is 0 Å². The van der Waals surface area contributed by atoms with Crippen LogP contribution in [0.25, 0.3) is 0 Å². The molecule has 0 spiro atoms. The first-order valence-corrected chi connectivity index (χ1v) is 14.0. The maximum atomic E-state index is 12.8. The molecule has 0 bridgehead atoms. The number of aliphatic hydroxyl groups is 1. The fourth-order valence-electron chi connectivity index (χ4n) is 10.5. The molecule has 0 aromatic heterocycles. The fourth-order valence-corrected chi connectivity index (χ4v) is 10.5. The molecule has 6 heteroatoms.